The number of hydrogen-bond donors (Lipinski definition) is 1. The van der Waals surface area contributed by atoms with E-state index in [1.807, 2.05) is 11.3 Å². The number of hydrogen-bond acceptors (Lipinski definition) is 3. The lowest BCUT2D eigenvalue weighted by molar-refractivity contribution is 0.886. The third-order valence-electron chi connectivity index (χ3n) is 2.77. The molecule has 0 fully saturated rings. The van der Waals surface area contributed by atoms with Crippen LogP contribution in [-0.4, -0.2) is 15.9 Å². The average molecular weight is 207 g/mol. The molecular weight excluding hydrogens is 194 g/mol. The summed E-state index contributed by atoms with van der Waals surface area (Å²) >= 11 is 1.84. The number of thiazole rings is 1. The highest BCUT2D eigenvalue weighted by Crippen LogP contribution is 2.30. The summed E-state index contributed by atoms with van der Waals surface area (Å²) in [5, 5.41) is 0. The minimum atomic E-state index is 0.688. The molecule has 14 heavy (non-hydrogen) atoms. The van der Waals surface area contributed by atoms with Gasteiger partial charge in [-0.15, -0.1) is 11.3 Å². The first-order chi connectivity index (χ1) is 6.88. The van der Waals surface area contributed by atoms with E-state index in [0.717, 1.165) is 17.1 Å². The first-order valence-corrected chi connectivity index (χ1v) is 5.88. The van der Waals surface area contributed by atoms with Gasteiger partial charge in [-0.2, -0.15) is 0 Å². The van der Waals surface area contributed by atoms with Gasteiger partial charge < -0.3 is 5.73 Å². The van der Waals surface area contributed by atoms with Crippen LogP contribution in [0.2, 0.25) is 0 Å². The van der Waals surface area contributed by atoms with Gasteiger partial charge in [-0.1, -0.05) is 0 Å². The standard InChI is InChI=1S/C10H13N3S/c11-5-4-7-6-13-8-2-1-3-9(8)14-10(13)12-7/h6H,1-5,11H2. The SMILES string of the molecule is NCCc1cn2c3c(sc2n1)CCC3. The van der Waals surface area contributed by atoms with Gasteiger partial charge in [0, 0.05) is 23.2 Å². The molecule has 0 spiro atoms. The van der Waals surface area contributed by atoms with Gasteiger partial charge in [-0.05, 0) is 25.8 Å². The minimum absolute atomic E-state index is 0.688. The van der Waals surface area contributed by atoms with E-state index in [4.69, 9.17) is 5.73 Å². The zero-order valence-electron chi connectivity index (χ0n) is 7.99. The smallest absolute Gasteiger partial charge is 0.194 e. The molecule has 4 heteroatoms. The fourth-order valence-electron chi connectivity index (χ4n) is 2.12. The van der Waals surface area contributed by atoms with Crippen LogP contribution in [0.1, 0.15) is 22.7 Å². The van der Waals surface area contributed by atoms with Crippen molar-refractivity contribution < 1.29 is 0 Å². The minimum Gasteiger partial charge on any atom is -0.330 e. The number of nitrogens with two attached hydrogens (primary N) is 1. The van der Waals surface area contributed by atoms with Crippen LogP contribution in [0.5, 0.6) is 0 Å². The maximum absolute atomic E-state index is 5.52. The molecule has 0 saturated carbocycles. The number of rotatable bonds is 2. The van der Waals surface area contributed by atoms with Crippen molar-refractivity contribution >= 4 is 16.3 Å². The molecule has 1 aliphatic rings. The maximum Gasteiger partial charge on any atom is 0.194 e. The van der Waals surface area contributed by atoms with E-state index in [2.05, 4.69) is 15.6 Å². The normalized spacial score (nSPS) is 15.2. The Bertz CT molecular complexity index is 469. The van der Waals surface area contributed by atoms with Crippen molar-refractivity contribution in [2.45, 2.75) is 25.7 Å². The second-order valence-electron chi connectivity index (χ2n) is 3.75. The molecule has 1 aliphatic carbocycles. The number of aromatic nitrogens is 2. The van der Waals surface area contributed by atoms with Crippen LogP contribution < -0.4 is 5.73 Å². The molecule has 0 bridgehead atoms. The van der Waals surface area contributed by atoms with Gasteiger partial charge in [0.25, 0.3) is 0 Å². The Morgan fingerprint density at radius 2 is 2.43 bits per heavy atom. The Kier molecular flexibility index (Phi) is 1.85. The van der Waals surface area contributed by atoms with Gasteiger partial charge in [0.05, 0.1) is 5.69 Å². The summed E-state index contributed by atoms with van der Waals surface area (Å²) in [5.41, 5.74) is 8.14. The van der Waals surface area contributed by atoms with Gasteiger partial charge in [0.2, 0.25) is 0 Å². The van der Waals surface area contributed by atoms with Crippen LogP contribution in [0, 0.1) is 0 Å². The quantitative estimate of drug-likeness (QED) is 0.808. The highest BCUT2D eigenvalue weighted by Gasteiger charge is 2.18. The second kappa shape index (κ2) is 3.07. The van der Waals surface area contributed by atoms with Crippen molar-refractivity contribution in [1.82, 2.24) is 9.38 Å². The summed E-state index contributed by atoms with van der Waals surface area (Å²) in [6.45, 7) is 0.688. The summed E-state index contributed by atoms with van der Waals surface area (Å²) < 4.78 is 2.26. The van der Waals surface area contributed by atoms with Crippen LogP contribution in [-0.2, 0) is 19.3 Å². The lowest BCUT2D eigenvalue weighted by Gasteiger charge is -1.91. The van der Waals surface area contributed by atoms with Crippen LogP contribution in [0.25, 0.3) is 4.96 Å². The molecule has 74 valence electrons. The van der Waals surface area contributed by atoms with E-state index >= 15 is 0 Å². The molecular formula is C10H13N3S. The zero-order valence-corrected chi connectivity index (χ0v) is 8.81. The highest BCUT2D eigenvalue weighted by atomic mass is 32.1. The molecule has 3 nitrogen and oxygen atoms in total. The molecule has 0 atom stereocenters. The highest BCUT2D eigenvalue weighted by molar-refractivity contribution is 7.17. The molecule has 2 N–H and O–H groups in total. The van der Waals surface area contributed by atoms with Crippen LogP contribution >= 0.6 is 11.3 Å². The van der Waals surface area contributed by atoms with Crippen molar-refractivity contribution in [3.8, 4) is 0 Å². The van der Waals surface area contributed by atoms with Crippen LogP contribution in [0.4, 0.5) is 0 Å². The van der Waals surface area contributed by atoms with Crippen molar-refractivity contribution in [2.24, 2.45) is 5.73 Å². The lowest BCUT2D eigenvalue weighted by atomic mass is 10.3. The van der Waals surface area contributed by atoms with E-state index in [1.54, 1.807) is 0 Å². The summed E-state index contributed by atoms with van der Waals surface area (Å²) in [5.74, 6) is 0. The van der Waals surface area contributed by atoms with E-state index in [-0.39, 0.29) is 0 Å². The zero-order chi connectivity index (χ0) is 9.54. The Morgan fingerprint density at radius 3 is 3.29 bits per heavy atom. The molecule has 0 amide bonds. The summed E-state index contributed by atoms with van der Waals surface area (Å²) in [6, 6.07) is 0. The third kappa shape index (κ3) is 1.11. The number of fused-ring (bicyclic) bond motifs is 3. The average Bonchev–Trinajstić information content (AvgIpc) is 2.75. The van der Waals surface area contributed by atoms with Crippen molar-refractivity contribution in [3.05, 3.63) is 22.5 Å². The topological polar surface area (TPSA) is 43.3 Å². The second-order valence-corrected chi connectivity index (χ2v) is 4.81. The van der Waals surface area contributed by atoms with E-state index in [9.17, 15) is 0 Å². The fourth-order valence-corrected chi connectivity index (χ4v) is 3.33. The van der Waals surface area contributed by atoms with E-state index < -0.39 is 0 Å². The van der Waals surface area contributed by atoms with Gasteiger partial charge in [0.15, 0.2) is 4.96 Å². The van der Waals surface area contributed by atoms with Crippen molar-refractivity contribution in [3.63, 3.8) is 0 Å². The van der Waals surface area contributed by atoms with E-state index in [0.29, 0.717) is 6.54 Å². The summed E-state index contributed by atoms with van der Waals surface area (Å²) in [6.07, 6.45) is 6.82. The molecule has 0 saturated heterocycles. The van der Waals surface area contributed by atoms with Gasteiger partial charge in [-0.25, -0.2) is 4.98 Å². The van der Waals surface area contributed by atoms with Crippen LogP contribution in [0.3, 0.4) is 0 Å². The number of aryl methyl sites for hydroxylation is 2. The Morgan fingerprint density at radius 1 is 1.50 bits per heavy atom. The molecule has 0 unspecified atom stereocenters. The predicted molar refractivity (Wildman–Crippen MR) is 57.9 cm³/mol. The summed E-state index contributed by atoms with van der Waals surface area (Å²) in [4.78, 5) is 7.25. The largest absolute Gasteiger partial charge is 0.330 e. The van der Waals surface area contributed by atoms with Gasteiger partial charge in [0.1, 0.15) is 0 Å². The Labute approximate surface area is 86.6 Å². The number of nitrogens with zero attached hydrogens (tertiary/aromatic N) is 2. The molecule has 0 aromatic carbocycles. The predicted octanol–water partition coefficient (Wildman–Crippen LogP) is 1.39. The first kappa shape index (κ1) is 8.44. The third-order valence-corrected chi connectivity index (χ3v) is 3.93. The maximum atomic E-state index is 5.52. The number of imidazole rings is 1. The monoisotopic (exact) mass is 207 g/mol. The fraction of sp³-hybridized carbons (Fsp3) is 0.500. The Hall–Kier alpha value is -0.870. The molecule has 0 radical (unpaired) electrons. The summed E-state index contributed by atoms with van der Waals surface area (Å²) in [7, 11) is 0. The molecule has 0 aliphatic heterocycles. The molecule has 2 heterocycles. The molecule has 2 aromatic rings. The van der Waals surface area contributed by atoms with Crippen LogP contribution in [0.15, 0.2) is 6.20 Å². The van der Waals surface area contributed by atoms with Gasteiger partial charge in [-0.3, -0.25) is 4.40 Å². The Balaban J connectivity index is 2.12. The lowest BCUT2D eigenvalue weighted by Crippen LogP contribution is -2.02. The van der Waals surface area contributed by atoms with E-state index in [1.165, 1.54) is 29.8 Å². The van der Waals surface area contributed by atoms with Crippen molar-refractivity contribution in [1.29, 1.82) is 0 Å². The van der Waals surface area contributed by atoms with Crippen molar-refractivity contribution in [2.75, 3.05) is 6.54 Å². The molecule has 2 aromatic heterocycles. The van der Waals surface area contributed by atoms with Gasteiger partial charge >= 0.3 is 0 Å². The first-order valence-electron chi connectivity index (χ1n) is 5.07. The molecule has 3 rings (SSSR count).